The van der Waals surface area contributed by atoms with Crippen LogP contribution in [0.5, 0.6) is 11.5 Å². The van der Waals surface area contributed by atoms with E-state index >= 15 is 0 Å². The number of hydrogen-bond acceptors (Lipinski definition) is 5. The van der Waals surface area contributed by atoms with E-state index in [1.54, 1.807) is 0 Å². The molecule has 1 saturated heterocycles. The van der Waals surface area contributed by atoms with Gasteiger partial charge in [-0.1, -0.05) is 13.3 Å². The van der Waals surface area contributed by atoms with E-state index in [-0.39, 0.29) is 18.5 Å². The SMILES string of the molecule is CCCCc1ncc(CN2CCC[C@H](C(=O)c3ccc4c(c3)OCO4)C2)[nH]1. The van der Waals surface area contributed by atoms with Gasteiger partial charge in [0.15, 0.2) is 17.3 Å². The van der Waals surface area contributed by atoms with Crippen LogP contribution >= 0.6 is 0 Å². The number of piperidine rings is 1. The molecule has 0 unspecified atom stereocenters. The third-order valence-corrected chi connectivity index (χ3v) is 5.38. The lowest BCUT2D eigenvalue weighted by Gasteiger charge is -2.31. The van der Waals surface area contributed by atoms with Crippen LogP contribution in [-0.2, 0) is 13.0 Å². The predicted octanol–water partition coefficient (Wildman–Crippen LogP) is 3.58. The standard InChI is InChI=1S/C21H27N3O3/c1-2-3-6-20-22-11-17(23-20)13-24-9-4-5-16(12-24)21(25)15-7-8-18-19(10-15)27-14-26-18/h7-8,10-11,16H,2-6,9,12-14H2,1H3,(H,22,23)/t16-/m0/s1. The molecule has 0 aliphatic carbocycles. The van der Waals surface area contributed by atoms with Crippen LogP contribution in [0.2, 0.25) is 0 Å². The maximum absolute atomic E-state index is 13.0. The first kappa shape index (κ1) is 18.0. The van der Waals surface area contributed by atoms with Crippen molar-refractivity contribution in [2.75, 3.05) is 19.9 Å². The lowest BCUT2D eigenvalue weighted by Crippen LogP contribution is -2.38. The maximum atomic E-state index is 13.0. The van der Waals surface area contributed by atoms with Gasteiger partial charge in [0.25, 0.3) is 0 Å². The molecule has 144 valence electrons. The van der Waals surface area contributed by atoms with Crippen molar-refractivity contribution in [3.63, 3.8) is 0 Å². The van der Waals surface area contributed by atoms with Crippen LogP contribution < -0.4 is 9.47 Å². The number of aryl methyl sites for hydroxylation is 1. The van der Waals surface area contributed by atoms with Crippen molar-refractivity contribution in [2.24, 2.45) is 5.92 Å². The Labute approximate surface area is 159 Å². The van der Waals surface area contributed by atoms with Gasteiger partial charge in [-0.3, -0.25) is 9.69 Å². The molecular formula is C21H27N3O3. The number of ether oxygens (including phenoxy) is 2. The molecule has 6 nitrogen and oxygen atoms in total. The summed E-state index contributed by atoms with van der Waals surface area (Å²) < 4.78 is 10.7. The van der Waals surface area contributed by atoms with Crippen LogP contribution in [0.1, 0.15) is 54.5 Å². The number of likely N-dealkylation sites (tertiary alicyclic amines) is 1. The van der Waals surface area contributed by atoms with Crippen molar-refractivity contribution >= 4 is 5.78 Å². The Bertz CT molecular complexity index is 802. The minimum atomic E-state index is 0.0293. The van der Waals surface area contributed by atoms with Gasteiger partial charge < -0.3 is 14.5 Å². The van der Waals surface area contributed by atoms with E-state index in [4.69, 9.17) is 9.47 Å². The molecule has 2 aromatic rings. The van der Waals surface area contributed by atoms with E-state index < -0.39 is 0 Å². The van der Waals surface area contributed by atoms with E-state index in [0.29, 0.717) is 5.75 Å². The highest BCUT2D eigenvalue weighted by molar-refractivity contribution is 5.98. The number of aromatic amines is 1. The second-order valence-electron chi connectivity index (χ2n) is 7.47. The van der Waals surface area contributed by atoms with Gasteiger partial charge in [0.1, 0.15) is 5.82 Å². The molecule has 2 aliphatic heterocycles. The maximum Gasteiger partial charge on any atom is 0.231 e. The summed E-state index contributed by atoms with van der Waals surface area (Å²) in [5, 5.41) is 0. The van der Waals surface area contributed by atoms with Gasteiger partial charge in [-0.15, -0.1) is 0 Å². The number of Topliss-reactive ketones (excluding diaryl/α,β-unsaturated/α-hetero) is 1. The number of nitrogens with one attached hydrogen (secondary N) is 1. The summed E-state index contributed by atoms with van der Waals surface area (Å²) in [7, 11) is 0. The zero-order valence-corrected chi connectivity index (χ0v) is 15.9. The fraction of sp³-hybridized carbons (Fsp3) is 0.524. The van der Waals surface area contributed by atoms with Crippen LogP contribution in [0.25, 0.3) is 0 Å². The highest BCUT2D eigenvalue weighted by Gasteiger charge is 2.28. The largest absolute Gasteiger partial charge is 0.454 e. The normalized spacial score (nSPS) is 19.4. The molecule has 1 fully saturated rings. The molecule has 0 spiro atoms. The Balaban J connectivity index is 1.37. The molecule has 0 amide bonds. The molecular weight excluding hydrogens is 342 g/mol. The number of ketones is 1. The molecule has 1 aromatic carbocycles. The summed E-state index contributed by atoms with van der Waals surface area (Å²) >= 11 is 0. The highest BCUT2D eigenvalue weighted by atomic mass is 16.7. The lowest BCUT2D eigenvalue weighted by atomic mass is 9.90. The Kier molecular flexibility index (Phi) is 5.43. The predicted molar refractivity (Wildman–Crippen MR) is 102 cm³/mol. The molecule has 1 atom stereocenters. The minimum absolute atomic E-state index is 0.0293. The van der Waals surface area contributed by atoms with E-state index in [9.17, 15) is 4.79 Å². The molecule has 2 aliphatic rings. The second-order valence-corrected chi connectivity index (χ2v) is 7.47. The first-order chi connectivity index (χ1) is 13.2. The first-order valence-electron chi connectivity index (χ1n) is 9.92. The Morgan fingerprint density at radius 1 is 1.33 bits per heavy atom. The van der Waals surface area contributed by atoms with Crippen molar-refractivity contribution in [3.8, 4) is 11.5 Å². The average molecular weight is 369 g/mol. The summed E-state index contributed by atoms with van der Waals surface area (Å²) in [6.07, 6.45) is 7.25. The number of rotatable bonds is 7. The van der Waals surface area contributed by atoms with Gasteiger partial charge in [-0.25, -0.2) is 4.98 Å². The van der Waals surface area contributed by atoms with Gasteiger partial charge >= 0.3 is 0 Å². The number of benzene rings is 1. The molecule has 1 aromatic heterocycles. The zero-order valence-electron chi connectivity index (χ0n) is 15.9. The molecule has 3 heterocycles. The van der Waals surface area contributed by atoms with Crippen molar-refractivity contribution in [1.82, 2.24) is 14.9 Å². The summed E-state index contributed by atoms with van der Waals surface area (Å²) in [6, 6.07) is 5.50. The smallest absolute Gasteiger partial charge is 0.231 e. The van der Waals surface area contributed by atoms with Crippen LogP contribution in [0.4, 0.5) is 0 Å². The van der Waals surface area contributed by atoms with Gasteiger partial charge in [-0.2, -0.15) is 0 Å². The molecule has 1 N–H and O–H groups in total. The van der Waals surface area contributed by atoms with Crippen LogP contribution in [0, 0.1) is 5.92 Å². The fourth-order valence-corrected chi connectivity index (χ4v) is 3.90. The summed E-state index contributed by atoms with van der Waals surface area (Å²) in [4.78, 5) is 23.2. The first-order valence-corrected chi connectivity index (χ1v) is 9.92. The minimum Gasteiger partial charge on any atom is -0.454 e. The number of carbonyl (C=O) groups excluding carboxylic acids is 1. The third-order valence-electron chi connectivity index (χ3n) is 5.38. The number of fused-ring (bicyclic) bond motifs is 1. The fourth-order valence-electron chi connectivity index (χ4n) is 3.90. The average Bonchev–Trinajstić information content (AvgIpc) is 3.34. The second kappa shape index (κ2) is 8.13. The summed E-state index contributed by atoms with van der Waals surface area (Å²) in [6.45, 7) is 5.05. The van der Waals surface area contributed by atoms with E-state index in [1.165, 1.54) is 6.42 Å². The Hall–Kier alpha value is -2.34. The van der Waals surface area contributed by atoms with Crippen molar-refractivity contribution in [3.05, 3.63) is 41.5 Å². The highest BCUT2D eigenvalue weighted by Crippen LogP contribution is 2.34. The number of imidazole rings is 1. The molecule has 0 bridgehead atoms. The van der Waals surface area contributed by atoms with Gasteiger partial charge in [0.2, 0.25) is 6.79 Å². The monoisotopic (exact) mass is 369 g/mol. The van der Waals surface area contributed by atoms with Crippen LogP contribution in [0.15, 0.2) is 24.4 Å². The van der Waals surface area contributed by atoms with Crippen molar-refractivity contribution < 1.29 is 14.3 Å². The number of unbranched alkanes of at least 4 members (excludes halogenated alkanes) is 1. The molecule has 27 heavy (non-hydrogen) atoms. The van der Waals surface area contributed by atoms with E-state index in [1.807, 2.05) is 24.4 Å². The molecule has 0 saturated carbocycles. The number of carbonyl (C=O) groups is 1. The third kappa shape index (κ3) is 4.16. The summed E-state index contributed by atoms with van der Waals surface area (Å²) in [5.41, 5.74) is 1.85. The van der Waals surface area contributed by atoms with Crippen LogP contribution in [0.3, 0.4) is 0 Å². The molecule has 0 radical (unpaired) electrons. The Morgan fingerprint density at radius 3 is 3.11 bits per heavy atom. The van der Waals surface area contributed by atoms with Gasteiger partial charge in [-0.05, 0) is 44.0 Å². The topological polar surface area (TPSA) is 67.5 Å². The molecule has 6 heteroatoms. The zero-order chi connectivity index (χ0) is 18.6. The lowest BCUT2D eigenvalue weighted by molar-refractivity contribution is 0.0810. The summed E-state index contributed by atoms with van der Waals surface area (Å²) in [5.74, 6) is 2.69. The molecule has 4 rings (SSSR count). The van der Waals surface area contributed by atoms with E-state index in [2.05, 4.69) is 21.8 Å². The van der Waals surface area contributed by atoms with Crippen LogP contribution in [-0.4, -0.2) is 40.5 Å². The van der Waals surface area contributed by atoms with Gasteiger partial charge in [0, 0.05) is 42.9 Å². The van der Waals surface area contributed by atoms with Crippen molar-refractivity contribution in [1.29, 1.82) is 0 Å². The number of aromatic nitrogens is 2. The van der Waals surface area contributed by atoms with Gasteiger partial charge in [0.05, 0.1) is 0 Å². The van der Waals surface area contributed by atoms with Crippen molar-refractivity contribution in [2.45, 2.75) is 45.6 Å². The number of nitrogens with zero attached hydrogens (tertiary/aromatic N) is 2. The quantitative estimate of drug-likeness (QED) is 0.756. The number of hydrogen-bond donors (Lipinski definition) is 1. The Morgan fingerprint density at radius 2 is 2.22 bits per heavy atom. The van der Waals surface area contributed by atoms with E-state index in [0.717, 1.165) is 68.1 Å². The number of H-pyrrole nitrogens is 1.